The van der Waals surface area contributed by atoms with Crippen molar-refractivity contribution in [2.24, 2.45) is 5.92 Å². The molecule has 2 aromatic rings. The number of hydrogen-bond donors (Lipinski definition) is 1. The minimum absolute atomic E-state index is 0.313. The Morgan fingerprint density at radius 3 is 2.74 bits per heavy atom. The molecule has 2 saturated heterocycles. The maximum absolute atomic E-state index is 12.6. The fraction of sp³-hybridized carbons (Fsp3) is 0.542. The normalized spacial score (nSPS) is 21.5. The Bertz CT molecular complexity index is 830. The molecular formula is C24H33N5O2. The fourth-order valence-corrected chi connectivity index (χ4v) is 4.72. The average molecular weight is 424 g/mol. The van der Waals surface area contributed by atoms with Crippen LogP contribution in [-0.4, -0.2) is 60.1 Å². The average Bonchev–Trinajstić information content (AvgIpc) is 3.17. The summed E-state index contributed by atoms with van der Waals surface area (Å²) in [5, 5.41) is 3.53. The van der Waals surface area contributed by atoms with Crippen molar-refractivity contribution in [1.82, 2.24) is 20.2 Å². The monoisotopic (exact) mass is 423 g/mol. The Balaban J connectivity index is 1.25. The number of amides is 1. The molecule has 3 heterocycles. The first-order valence-electron chi connectivity index (χ1n) is 11.4. The molecular weight excluding hydrogens is 390 g/mol. The maximum atomic E-state index is 12.6. The van der Waals surface area contributed by atoms with Gasteiger partial charge in [-0.1, -0.05) is 12.1 Å². The Kier molecular flexibility index (Phi) is 7.35. The number of aromatic nitrogens is 2. The van der Waals surface area contributed by atoms with Gasteiger partial charge in [-0.2, -0.15) is 0 Å². The molecule has 2 aliphatic rings. The van der Waals surface area contributed by atoms with Crippen LogP contribution in [0.4, 0.5) is 5.95 Å². The van der Waals surface area contributed by atoms with Crippen molar-refractivity contribution in [3.63, 3.8) is 0 Å². The topological polar surface area (TPSA) is 70.6 Å². The van der Waals surface area contributed by atoms with Gasteiger partial charge in [-0.15, -0.1) is 0 Å². The number of carbonyl (C=O) groups is 1. The second-order valence-corrected chi connectivity index (χ2v) is 8.56. The third-order valence-electron chi connectivity index (χ3n) is 6.40. The summed E-state index contributed by atoms with van der Waals surface area (Å²) >= 11 is 0. The van der Waals surface area contributed by atoms with E-state index in [2.05, 4.69) is 37.2 Å². The summed E-state index contributed by atoms with van der Waals surface area (Å²) in [5.41, 5.74) is 1.24. The lowest BCUT2D eigenvalue weighted by Gasteiger charge is -2.36. The Morgan fingerprint density at radius 2 is 1.97 bits per heavy atom. The van der Waals surface area contributed by atoms with Gasteiger partial charge in [0.25, 0.3) is 0 Å². The first-order chi connectivity index (χ1) is 15.2. The highest BCUT2D eigenvalue weighted by Crippen LogP contribution is 2.27. The van der Waals surface area contributed by atoms with Crippen molar-refractivity contribution < 1.29 is 9.53 Å². The van der Waals surface area contributed by atoms with E-state index in [1.54, 1.807) is 19.5 Å². The largest absolute Gasteiger partial charge is 0.497 e. The van der Waals surface area contributed by atoms with Crippen LogP contribution in [-0.2, 0) is 11.3 Å². The third-order valence-corrected chi connectivity index (χ3v) is 6.40. The predicted octanol–water partition coefficient (Wildman–Crippen LogP) is 2.87. The van der Waals surface area contributed by atoms with Gasteiger partial charge in [0, 0.05) is 51.0 Å². The van der Waals surface area contributed by atoms with Crippen LogP contribution in [0.5, 0.6) is 5.75 Å². The highest BCUT2D eigenvalue weighted by Gasteiger charge is 2.33. The summed E-state index contributed by atoms with van der Waals surface area (Å²) in [6.07, 6.45) is 8.53. The van der Waals surface area contributed by atoms with E-state index in [0.717, 1.165) is 70.1 Å². The van der Waals surface area contributed by atoms with Crippen molar-refractivity contribution in [2.75, 3.05) is 38.2 Å². The number of anilines is 1. The van der Waals surface area contributed by atoms with E-state index in [4.69, 9.17) is 4.74 Å². The molecule has 7 nitrogen and oxygen atoms in total. The van der Waals surface area contributed by atoms with E-state index < -0.39 is 0 Å². The van der Waals surface area contributed by atoms with Crippen molar-refractivity contribution in [1.29, 1.82) is 0 Å². The van der Waals surface area contributed by atoms with Gasteiger partial charge in [0.1, 0.15) is 5.75 Å². The zero-order chi connectivity index (χ0) is 21.5. The SMILES string of the molecule is COc1ccc(CNCC[C@H]2CCC(=O)N2C[C@@H]2CCCN(c3ncccn3)C2)cc1. The molecule has 1 aromatic heterocycles. The molecule has 166 valence electrons. The van der Waals surface area contributed by atoms with E-state index >= 15 is 0 Å². The van der Waals surface area contributed by atoms with Gasteiger partial charge in [-0.05, 0) is 61.9 Å². The molecule has 1 aromatic carbocycles. The fourth-order valence-electron chi connectivity index (χ4n) is 4.72. The number of ether oxygens (including phenoxy) is 1. The van der Waals surface area contributed by atoms with Gasteiger partial charge >= 0.3 is 0 Å². The number of benzene rings is 1. The third kappa shape index (κ3) is 5.73. The van der Waals surface area contributed by atoms with Crippen LogP contribution in [0.1, 0.15) is 37.7 Å². The van der Waals surface area contributed by atoms with Gasteiger partial charge in [0.2, 0.25) is 11.9 Å². The lowest BCUT2D eigenvalue weighted by atomic mass is 9.97. The summed E-state index contributed by atoms with van der Waals surface area (Å²) in [4.78, 5) is 25.8. The number of nitrogens with one attached hydrogen (secondary N) is 1. The molecule has 0 bridgehead atoms. The van der Waals surface area contributed by atoms with Crippen LogP contribution in [0.3, 0.4) is 0 Å². The number of methoxy groups -OCH3 is 1. The molecule has 2 aliphatic heterocycles. The van der Waals surface area contributed by atoms with Crippen LogP contribution in [0, 0.1) is 5.92 Å². The summed E-state index contributed by atoms with van der Waals surface area (Å²) in [7, 11) is 1.68. The van der Waals surface area contributed by atoms with Gasteiger partial charge < -0.3 is 19.9 Å². The van der Waals surface area contributed by atoms with Gasteiger partial charge in [-0.25, -0.2) is 9.97 Å². The van der Waals surface area contributed by atoms with E-state index in [1.807, 2.05) is 18.2 Å². The zero-order valence-electron chi connectivity index (χ0n) is 18.4. The van der Waals surface area contributed by atoms with Crippen molar-refractivity contribution >= 4 is 11.9 Å². The standard InChI is InChI=1S/C24H33N5O2/c1-31-22-8-5-19(6-9-22)16-25-14-11-21-7-10-23(30)29(21)18-20-4-2-15-28(17-20)24-26-12-3-13-27-24/h3,5-6,8-9,12-13,20-21,25H,2,4,7,10-11,14-18H2,1H3/t20-,21-/m1/s1. The summed E-state index contributed by atoms with van der Waals surface area (Å²) in [6, 6.07) is 10.3. The van der Waals surface area contributed by atoms with Crippen LogP contribution < -0.4 is 15.0 Å². The maximum Gasteiger partial charge on any atom is 0.225 e. The zero-order valence-corrected chi connectivity index (χ0v) is 18.4. The lowest BCUT2D eigenvalue weighted by molar-refractivity contribution is -0.129. The Morgan fingerprint density at radius 1 is 1.16 bits per heavy atom. The van der Waals surface area contributed by atoms with E-state index in [-0.39, 0.29) is 0 Å². The molecule has 7 heteroatoms. The minimum Gasteiger partial charge on any atom is -0.497 e. The van der Waals surface area contributed by atoms with Crippen LogP contribution in [0.15, 0.2) is 42.7 Å². The van der Waals surface area contributed by atoms with Gasteiger partial charge in [-0.3, -0.25) is 4.79 Å². The molecule has 0 aliphatic carbocycles. The molecule has 1 amide bonds. The van der Waals surface area contributed by atoms with Crippen LogP contribution >= 0.6 is 0 Å². The number of carbonyl (C=O) groups excluding carboxylic acids is 1. The van der Waals surface area contributed by atoms with Gasteiger partial charge in [0.15, 0.2) is 0 Å². The van der Waals surface area contributed by atoms with Crippen molar-refractivity contribution in [3.05, 3.63) is 48.3 Å². The predicted molar refractivity (Wildman–Crippen MR) is 121 cm³/mol. The lowest BCUT2D eigenvalue weighted by Crippen LogP contribution is -2.44. The van der Waals surface area contributed by atoms with Gasteiger partial charge in [0.05, 0.1) is 7.11 Å². The highest BCUT2D eigenvalue weighted by atomic mass is 16.5. The molecule has 0 radical (unpaired) electrons. The first-order valence-corrected chi connectivity index (χ1v) is 11.4. The summed E-state index contributed by atoms with van der Waals surface area (Å²) in [6.45, 7) is 4.52. The Labute approximate surface area is 184 Å². The molecule has 1 N–H and O–H groups in total. The van der Waals surface area contributed by atoms with Crippen molar-refractivity contribution in [3.8, 4) is 5.75 Å². The van der Waals surface area contributed by atoms with E-state index in [9.17, 15) is 4.79 Å². The van der Waals surface area contributed by atoms with Crippen molar-refractivity contribution in [2.45, 2.75) is 44.7 Å². The van der Waals surface area contributed by atoms with Crippen LogP contribution in [0.25, 0.3) is 0 Å². The number of piperidine rings is 1. The molecule has 31 heavy (non-hydrogen) atoms. The smallest absolute Gasteiger partial charge is 0.225 e. The number of likely N-dealkylation sites (tertiary alicyclic amines) is 1. The summed E-state index contributed by atoms with van der Waals surface area (Å²) in [5.74, 6) is 2.48. The number of hydrogen-bond acceptors (Lipinski definition) is 6. The molecule has 0 spiro atoms. The molecule has 2 atom stereocenters. The second kappa shape index (κ2) is 10.6. The first kappa shape index (κ1) is 21.6. The minimum atomic E-state index is 0.313. The number of nitrogens with zero attached hydrogens (tertiary/aromatic N) is 4. The molecule has 0 saturated carbocycles. The molecule has 0 unspecified atom stereocenters. The van der Waals surface area contributed by atoms with E-state index in [0.29, 0.717) is 24.3 Å². The van der Waals surface area contributed by atoms with E-state index in [1.165, 1.54) is 5.56 Å². The molecule has 2 fully saturated rings. The molecule has 4 rings (SSSR count). The summed E-state index contributed by atoms with van der Waals surface area (Å²) < 4.78 is 5.21. The number of rotatable bonds is 9. The Hall–Kier alpha value is -2.67. The quantitative estimate of drug-likeness (QED) is 0.626. The second-order valence-electron chi connectivity index (χ2n) is 8.56. The van der Waals surface area contributed by atoms with Crippen LogP contribution in [0.2, 0.25) is 0 Å². The highest BCUT2D eigenvalue weighted by molar-refractivity contribution is 5.78.